The minimum absolute atomic E-state index is 0.149. The molecular weight excluding hydrogens is 540 g/mol. The predicted molar refractivity (Wildman–Crippen MR) is 117 cm³/mol. The largest absolute Gasteiger partial charge is 0.508 e. The Balaban J connectivity index is 1.58. The first-order valence-corrected chi connectivity index (χ1v) is 11.2. The standard InChI is InChI=1S/C23H19F6N5O5/c24-13-7-15(26)14(25)6-11(13)20(39-21(38)12-5-10(35)1-2-17(12)36)16(30)8-19(37)33-3-4-34-18(9-33)31-32-22(34)23(27,28)29/h1-2,5-7,16,20,35-36H,3-4,8-9,30H2/t16-,20?/m0/s1. The van der Waals surface area contributed by atoms with Gasteiger partial charge in [-0.15, -0.1) is 10.2 Å². The van der Waals surface area contributed by atoms with Crippen LogP contribution in [0, 0.1) is 17.5 Å². The molecule has 0 spiro atoms. The number of ether oxygens (including phenoxy) is 1. The van der Waals surface area contributed by atoms with E-state index in [-0.39, 0.29) is 31.5 Å². The van der Waals surface area contributed by atoms with Crippen molar-refractivity contribution in [3.05, 3.63) is 70.6 Å². The Labute approximate surface area is 215 Å². The lowest BCUT2D eigenvalue weighted by atomic mass is 9.98. The van der Waals surface area contributed by atoms with Gasteiger partial charge < -0.3 is 30.2 Å². The Morgan fingerprint density at radius 2 is 1.72 bits per heavy atom. The average Bonchev–Trinajstić information content (AvgIpc) is 3.30. The smallest absolute Gasteiger partial charge is 0.451 e. The van der Waals surface area contributed by atoms with Gasteiger partial charge in [0, 0.05) is 31.1 Å². The molecule has 0 saturated carbocycles. The molecule has 39 heavy (non-hydrogen) atoms. The highest BCUT2D eigenvalue weighted by molar-refractivity contribution is 5.93. The zero-order valence-electron chi connectivity index (χ0n) is 19.6. The Bertz CT molecular complexity index is 1430. The zero-order valence-corrected chi connectivity index (χ0v) is 19.6. The molecule has 208 valence electrons. The van der Waals surface area contributed by atoms with Crippen molar-refractivity contribution >= 4 is 11.9 Å². The number of esters is 1. The minimum Gasteiger partial charge on any atom is -0.508 e. The molecule has 0 bridgehead atoms. The summed E-state index contributed by atoms with van der Waals surface area (Å²) in [5.74, 6) is -8.97. The zero-order chi connectivity index (χ0) is 28.6. The number of hydrogen-bond donors (Lipinski definition) is 3. The van der Waals surface area contributed by atoms with Crippen LogP contribution in [0.15, 0.2) is 30.3 Å². The Kier molecular flexibility index (Phi) is 7.41. The van der Waals surface area contributed by atoms with Gasteiger partial charge in [0.1, 0.15) is 29.0 Å². The van der Waals surface area contributed by atoms with Gasteiger partial charge in [0.05, 0.1) is 12.6 Å². The maximum Gasteiger partial charge on any atom is 0.451 e. The van der Waals surface area contributed by atoms with Crippen LogP contribution in [0.5, 0.6) is 11.5 Å². The van der Waals surface area contributed by atoms with E-state index in [0.29, 0.717) is 6.07 Å². The number of phenolic OH excluding ortho intramolecular Hbond substituents is 2. The first-order chi connectivity index (χ1) is 18.3. The maximum absolute atomic E-state index is 14.6. The van der Waals surface area contributed by atoms with E-state index in [4.69, 9.17) is 10.5 Å². The summed E-state index contributed by atoms with van der Waals surface area (Å²) in [6.45, 7) is -0.845. The minimum atomic E-state index is -4.75. The van der Waals surface area contributed by atoms with Crippen molar-refractivity contribution in [2.75, 3.05) is 6.54 Å². The second-order valence-electron chi connectivity index (χ2n) is 8.59. The molecule has 4 rings (SSSR count). The fourth-order valence-corrected chi connectivity index (χ4v) is 4.02. The molecular formula is C23H19F6N5O5. The van der Waals surface area contributed by atoms with Crippen LogP contribution in [0.3, 0.4) is 0 Å². The van der Waals surface area contributed by atoms with Crippen LogP contribution in [0.1, 0.15) is 40.1 Å². The van der Waals surface area contributed by atoms with Crippen molar-refractivity contribution in [2.24, 2.45) is 5.73 Å². The molecule has 0 radical (unpaired) electrons. The molecule has 1 amide bonds. The molecule has 2 heterocycles. The summed E-state index contributed by atoms with van der Waals surface area (Å²) in [6, 6.07) is 1.83. The number of carbonyl (C=O) groups excluding carboxylic acids is 2. The van der Waals surface area contributed by atoms with Gasteiger partial charge >= 0.3 is 12.1 Å². The van der Waals surface area contributed by atoms with Gasteiger partial charge in [-0.25, -0.2) is 18.0 Å². The van der Waals surface area contributed by atoms with E-state index >= 15 is 0 Å². The third kappa shape index (κ3) is 5.74. The molecule has 4 N–H and O–H groups in total. The quantitative estimate of drug-likeness (QED) is 0.181. The van der Waals surface area contributed by atoms with Crippen molar-refractivity contribution in [1.29, 1.82) is 0 Å². The summed E-state index contributed by atoms with van der Waals surface area (Å²) in [4.78, 5) is 26.8. The van der Waals surface area contributed by atoms with Crippen molar-refractivity contribution in [3.8, 4) is 11.5 Å². The number of carbonyl (C=O) groups is 2. The number of aromatic nitrogens is 3. The normalized spacial score (nSPS) is 15.0. The third-order valence-electron chi connectivity index (χ3n) is 5.94. The Morgan fingerprint density at radius 1 is 1.03 bits per heavy atom. The predicted octanol–water partition coefficient (Wildman–Crippen LogP) is 2.78. The van der Waals surface area contributed by atoms with Crippen LogP contribution in [-0.2, 0) is 28.8 Å². The molecule has 10 nitrogen and oxygen atoms in total. The lowest BCUT2D eigenvalue weighted by Gasteiger charge is -2.30. The van der Waals surface area contributed by atoms with E-state index in [0.717, 1.165) is 27.7 Å². The summed E-state index contributed by atoms with van der Waals surface area (Å²) in [5, 5.41) is 26.1. The molecule has 1 unspecified atom stereocenters. The molecule has 0 fully saturated rings. The van der Waals surface area contributed by atoms with Gasteiger partial charge in [0.15, 0.2) is 17.5 Å². The molecule has 3 aromatic rings. The first kappa shape index (κ1) is 27.7. The molecule has 1 aliphatic heterocycles. The van der Waals surface area contributed by atoms with E-state index < -0.39 is 82.5 Å². The summed E-state index contributed by atoms with van der Waals surface area (Å²) in [6.07, 6.45) is -7.33. The average molecular weight is 559 g/mol. The van der Waals surface area contributed by atoms with Crippen molar-refractivity contribution in [1.82, 2.24) is 19.7 Å². The van der Waals surface area contributed by atoms with Crippen LogP contribution in [-0.4, -0.2) is 54.3 Å². The van der Waals surface area contributed by atoms with Gasteiger partial charge in [0.25, 0.3) is 0 Å². The van der Waals surface area contributed by atoms with Crippen molar-refractivity contribution in [3.63, 3.8) is 0 Å². The summed E-state index contributed by atoms with van der Waals surface area (Å²) in [5.41, 5.74) is 4.76. The fourth-order valence-electron chi connectivity index (χ4n) is 4.02. The first-order valence-electron chi connectivity index (χ1n) is 11.2. The lowest BCUT2D eigenvalue weighted by molar-refractivity contribution is -0.148. The van der Waals surface area contributed by atoms with Crippen LogP contribution in [0.4, 0.5) is 26.3 Å². The Morgan fingerprint density at radius 3 is 2.41 bits per heavy atom. The van der Waals surface area contributed by atoms with Crippen molar-refractivity contribution < 1.29 is 50.9 Å². The SMILES string of the molecule is N[C@@H](CC(=O)N1CCn2c(nnc2C(F)(F)F)C1)C(OC(=O)c1cc(O)ccc1O)c1cc(F)c(F)cc1F. The summed E-state index contributed by atoms with van der Waals surface area (Å²) < 4.78 is 87.4. The van der Waals surface area contributed by atoms with Crippen LogP contribution < -0.4 is 5.73 Å². The molecule has 16 heteroatoms. The number of hydrogen-bond acceptors (Lipinski definition) is 8. The third-order valence-corrected chi connectivity index (χ3v) is 5.94. The number of amides is 1. The van der Waals surface area contributed by atoms with E-state index in [1.54, 1.807) is 0 Å². The number of alkyl halides is 3. The fraction of sp³-hybridized carbons (Fsp3) is 0.304. The number of benzene rings is 2. The van der Waals surface area contributed by atoms with E-state index in [9.17, 15) is 46.1 Å². The van der Waals surface area contributed by atoms with Gasteiger partial charge in [-0.05, 0) is 24.3 Å². The summed E-state index contributed by atoms with van der Waals surface area (Å²) >= 11 is 0. The molecule has 2 aromatic carbocycles. The number of phenols is 2. The second kappa shape index (κ2) is 10.4. The topological polar surface area (TPSA) is 144 Å². The lowest BCUT2D eigenvalue weighted by Crippen LogP contribution is -2.43. The molecule has 2 atom stereocenters. The monoisotopic (exact) mass is 559 g/mol. The highest BCUT2D eigenvalue weighted by atomic mass is 19.4. The number of fused-ring (bicyclic) bond motifs is 1. The van der Waals surface area contributed by atoms with Gasteiger partial charge in [-0.1, -0.05) is 0 Å². The van der Waals surface area contributed by atoms with Gasteiger partial charge in [0.2, 0.25) is 11.7 Å². The van der Waals surface area contributed by atoms with Gasteiger partial charge in [-0.3, -0.25) is 4.79 Å². The second-order valence-corrected chi connectivity index (χ2v) is 8.59. The van der Waals surface area contributed by atoms with Crippen LogP contribution in [0.25, 0.3) is 0 Å². The number of aromatic hydroxyl groups is 2. The van der Waals surface area contributed by atoms with E-state index in [1.807, 2.05) is 0 Å². The highest BCUT2D eigenvalue weighted by Crippen LogP contribution is 2.32. The Hall–Kier alpha value is -4.34. The highest BCUT2D eigenvalue weighted by Gasteiger charge is 2.40. The van der Waals surface area contributed by atoms with E-state index in [1.165, 1.54) is 0 Å². The van der Waals surface area contributed by atoms with Crippen molar-refractivity contribution in [2.45, 2.75) is 37.8 Å². The number of nitrogens with zero attached hydrogens (tertiary/aromatic N) is 4. The van der Waals surface area contributed by atoms with Gasteiger partial charge in [-0.2, -0.15) is 13.2 Å². The maximum atomic E-state index is 14.6. The van der Waals surface area contributed by atoms with Crippen LogP contribution >= 0.6 is 0 Å². The molecule has 0 aliphatic carbocycles. The summed E-state index contributed by atoms with van der Waals surface area (Å²) in [7, 11) is 0. The number of rotatable bonds is 6. The van der Waals surface area contributed by atoms with E-state index in [2.05, 4.69) is 10.2 Å². The number of nitrogens with two attached hydrogens (primary N) is 1. The molecule has 0 saturated heterocycles. The molecule has 1 aromatic heterocycles. The van der Waals surface area contributed by atoms with Crippen LogP contribution in [0.2, 0.25) is 0 Å². The molecule has 1 aliphatic rings. The number of halogens is 6.